The minimum atomic E-state index is -4.64. The first-order chi connectivity index (χ1) is 5.13. The molecule has 5 N–H and O–H groups in total. The molecule has 0 atom stereocenters. The molecule has 0 saturated heterocycles. The SMILES string of the molecule is O=C(O)CC(=O)O.O=P(O)(O)O.[H-].[K+]. The fraction of sp³-hybridized carbons (Fsp3) is 0.333. The van der Waals surface area contributed by atoms with Gasteiger partial charge in [-0.3, -0.25) is 9.59 Å². The molecule has 0 aliphatic rings. The molecule has 0 aromatic rings. The zero-order valence-electron chi connectivity index (χ0n) is 7.62. The zero-order valence-corrected chi connectivity index (χ0v) is 10.6. The van der Waals surface area contributed by atoms with E-state index in [0.717, 1.165) is 0 Å². The van der Waals surface area contributed by atoms with Crippen molar-refractivity contribution in [3.05, 3.63) is 0 Å². The topological polar surface area (TPSA) is 152 Å². The van der Waals surface area contributed by atoms with Gasteiger partial charge in [0.15, 0.2) is 0 Å². The first kappa shape index (κ1) is 19.3. The van der Waals surface area contributed by atoms with Gasteiger partial charge in [-0.1, -0.05) is 0 Å². The number of carboxylic acids is 2. The maximum Gasteiger partial charge on any atom is 1.00 e. The predicted molar refractivity (Wildman–Crippen MR) is 35.3 cm³/mol. The predicted octanol–water partition coefficient (Wildman–Crippen LogP) is -4.27. The average Bonchev–Trinajstić information content (AvgIpc) is 1.52. The number of hydrogen-bond acceptors (Lipinski definition) is 3. The summed E-state index contributed by atoms with van der Waals surface area (Å²) in [7, 11) is -4.64. The largest absolute Gasteiger partial charge is 1.00 e. The van der Waals surface area contributed by atoms with Gasteiger partial charge in [-0.2, -0.15) is 0 Å². The second-order valence-electron chi connectivity index (χ2n) is 1.48. The van der Waals surface area contributed by atoms with Gasteiger partial charge in [0.05, 0.1) is 0 Å². The summed E-state index contributed by atoms with van der Waals surface area (Å²) in [6.07, 6.45) is -0.806. The Bertz CT molecular complexity index is 192. The second-order valence-corrected chi connectivity index (χ2v) is 2.50. The van der Waals surface area contributed by atoms with Crippen molar-refractivity contribution in [1.29, 1.82) is 0 Å². The Kier molecular flexibility index (Phi) is 13.7. The van der Waals surface area contributed by atoms with Crippen molar-refractivity contribution < 1.29 is 91.9 Å². The average molecular weight is 242 g/mol. The first-order valence-corrected chi connectivity index (χ1v) is 3.91. The van der Waals surface area contributed by atoms with E-state index in [9.17, 15) is 9.59 Å². The Hall–Kier alpha value is 0.686. The Labute approximate surface area is 117 Å². The maximum absolute atomic E-state index is 9.43. The maximum atomic E-state index is 9.43. The number of phosphoric acid groups is 1. The summed E-state index contributed by atoms with van der Waals surface area (Å²) in [6.45, 7) is 0. The van der Waals surface area contributed by atoms with Crippen LogP contribution in [0.5, 0.6) is 0 Å². The van der Waals surface area contributed by atoms with Crippen LogP contribution in [-0.2, 0) is 14.2 Å². The van der Waals surface area contributed by atoms with E-state index in [-0.39, 0.29) is 52.8 Å². The van der Waals surface area contributed by atoms with Gasteiger partial charge in [0.2, 0.25) is 0 Å². The molecule has 0 aromatic carbocycles. The molecule has 13 heavy (non-hydrogen) atoms. The summed E-state index contributed by atoms with van der Waals surface area (Å²) in [6, 6.07) is 0. The van der Waals surface area contributed by atoms with E-state index in [1.165, 1.54) is 0 Å². The van der Waals surface area contributed by atoms with Crippen molar-refractivity contribution >= 4 is 19.8 Å². The number of aliphatic carboxylic acids is 2. The van der Waals surface area contributed by atoms with Gasteiger partial charge in [0.25, 0.3) is 0 Å². The smallest absolute Gasteiger partial charge is 1.00 e. The molecule has 10 heteroatoms. The van der Waals surface area contributed by atoms with Crippen molar-refractivity contribution in [2.75, 3.05) is 0 Å². The standard InChI is InChI=1S/C3H4O4.K.H3O4P.H/c4-2(5)1-3(6)7;;1-5(2,3)4;/h1H2,(H,4,5)(H,6,7);;(H3,1,2,3,4);/q;+1;;-1. The van der Waals surface area contributed by atoms with E-state index in [2.05, 4.69) is 0 Å². The molecule has 0 bridgehead atoms. The van der Waals surface area contributed by atoms with E-state index < -0.39 is 26.2 Å². The van der Waals surface area contributed by atoms with Crippen LogP contribution < -0.4 is 51.4 Å². The van der Waals surface area contributed by atoms with Crippen molar-refractivity contribution in [2.24, 2.45) is 0 Å². The van der Waals surface area contributed by atoms with Crippen molar-refractivity contribution in [3.63, 3.8) is 0 Å². The number of rotatable bonds is 2. The fourth-order valence-corrected chi connectivity index (χ4v) is 0.129. The van der Waals surface area contributed by atoms with Crippen LogP contribution in [-0.4, -0.2) is 36.8 Å². The molecule has 74 valence electrons. The van der Waals surface area contributed by atoms with Gasteiger partial charge in [0, 0.05) is 0 Å². The van der Waals surface area contributed by atoms with Gasteiger partial charge in [0.1, 0.15) is 6.42 Å². The van der Waals surface area contributed by atoms with Crippen LogP contribution >= 0.6 is 7.82 Å². The number of carbonyl (C=O) groups is 2. The van der Waals surface area contributed by atoms with Crippen LogP contribution in [0.2, 0.25) is 0 Å². The Morgan fingerprint density at radius 1 is 1.08 bits per heavy atom. The van der Waals surface area contributed by atoms with Crippen molar-refractivity contribution in [2.45, 2.75) is 6.42 Å². The Morgan fingerprint density at radius 3 is 1.23 bits per heavy atom. The molecular formula is C3H8KO8P. The van der Waals surface area contributed by atoms with Gasteiger partial charge < -0.3 is 26.3 Å². The quantitative estimate of drug-likeness (QED) is 0.185. The molecule has 0 radical (unpaired) electrons. The summed E-state index contributed by atoms with van der Waals surface area (Å²) < 4.78 is 8.88. The monoisotopic (exact) mass is 242 g/mol. The summed E-state index contributed by atoms with van der Waals surface area (Å²) in [5.74, 6) is -2.62. The third-order valence-electron chi connectivity index (χ3n) is 0.302. The van der Waals surface area contributed by atoms with Crippen LogP contribution in [0.4, 0.5) is 0 Å². The van der Waals surface area contributed by atoms with Crippen molar-refractivity contribution in [1.82, 2.24) is 0 Å². The zero-order chi connectivity index (χ0) is 10.4. The second kappa shape index (κ2) is 9.25. The summed E-state index contributed by atoms with van der Waals surface area (Å²) in [5.41, 5.74) is 0. The van der Waals surface area contributed by atoms with Crippen LogP contribution in [0.3, 0.4) is 0 Å². The van der Waals surface area contributed by atoms with Gasteiger partial charge in [-0.25, -0.2) is 4.57 Å². The van der Waals surface area contributed by atoms with Crippen LogP contribution in [0.25, 0.3) is 0 Å². The molecule has 0 unspecified atom stereocenters. The van der Waals surface area contributed by atoms with Gasteiger partial charge in [-0.15, -0.1) is 0 Å². The molecule has 0 aliphatic carbocycles. The molecular weight excluding hydrogens is 234 g/mol. The van der Waals surface area contributed by atoms with Gasteiger partial charge in [-0.05, 0) is 0 Å². The third-order valence-corrected chi connectivity index (χ3v) is 0.302. The molecule has 0 saturated carbocycles. The van der Waals surface area contributed by atoms with Crippen LogP contribution in [0.15, 0.2) is 0 Å². The van der Waals surface area contributed by atoms with Gasteiger partial charge >= 0.3 is 71.1 Å². The molecule has 0 heterocycles. The molecule has 0 amide bonds. The minimum absolute atomic E-state index is 0. The molecule has 0 aliphatic heterocycles. The van der Waals surface area contributed by atoms with Crippen molar-refractivity contribution in [3.8, 4) is 0 Å². The van der Waals surface area contributed by atoms with Crippen LogP contribution in [0, 0.1) is 0 Å². The normalized spacial score (nSPS) is 8.85. The first-order valence-electron chi connectivity index (χ1n) is 2.35. The Morgan fingerprint density at radius 2 is 1.23 bits per heavy atom. The van der Waals surface area contributed by atoms with E-state index in [1.54, 1.807) is 0 Å². The fourth-order valence-electron chi connectivity index (χ4n) is 0.129. The Balaban J connectivity index is -0.0000000651. The summed E-state index contributed by atoms with van der Waals surface area (Å²) >= 11 is 0. The third kappa shape index (κ3) is 66.0. The molecule has 8 nitrogen and oxygen atoms in total. The minimum Gasteiger partial charge on any atom is -1.00 e. The number of carboxylic acid groups (broad SMARTS) is 2. The summed E-state index contributed by atoms with van der Waals surface area (Å²) in [5, 5.41) is 15.4. The molecule has 0 rings (SSSR count). The number of hydrogen-bond donors (Lipinski definition) is 5. The van der Waals surface area contributed by atoms with E-state index in [0.29, 0.717) is 0 Å². The summed E-state index contributed by atoms with van der Waals surface area (Å²) in [4.78, 5) is 40.4. The van der Waals surface area contributed by atoms with E-state index >= 15 is 0 Å². The molecule has 0 fully saturated rings. The molecule has 0 aromatic heterocycles. The van der Waals surface area contributed by atoms with Crippen LogP contribution in [0.1, 0.15) is 7.85 Å². The van der Waals surface area contributed by atoms with E-state index in [4.69, 9.17) is 29.5 Å². The van der Waals surface area contributed by atoms with E-state index in [1.807, 2.05) is 0 Å². The molecule has 0 spiro atoms.